The van der Waals surface area contributed by atoms with Crippen LogP contribution in [0.4, 0.5) is 5.82 Å². The Kier molecular flexibility index (Phi) is 7.89. The Morgan fingerprint density at radius 1 is 1.06 bits per heavy atom. The first-order valence-corrected chi connectivity index (χ1v) is 11.4. The van der Waals surface area contributed by atoms with E-state index >= 15 is 0 Å². The highest BCUT2D eigenvalue weighted by Crippen LogP contribution is 2.27. The summed E-state index contributed by atoms with van der Waals surface area (Å²) in [5.74, 6) is 0.0542. The van der Waals surface area contributed by atoms with Crippen molar-refractivity contribution >= 4 is 17.6 Å². The zero-order valence-corrected chi connectivity index (χ0v) is 20.9. The van der Waals surface area contributed by atoms with Crippen molar-refractivity contribution in [1.29, 1.82) is 0 Å². The molecular weight excluding hydrogens is 428 g/mol. The van der Waals surface area contributed by atoms with E-state index in [4.69, 9.17) is 9.84 Å². The first kappa shape index (κ1) is 25.2. The quantitative estimate of drug-likeness (QED) is 0.534. The lowest BCUT2D eigenvalue weighted by molar-refractivity contribution is -0.117. The number of carbonyl (C=O) groups is 2. The number of nitrogens with zero attached hydrogens (tertiary/aromatic N) is 3. The second kappa shape index (κ2) is 10.7. The van der Waals surface area contributed by atoms with Crippen molar-refractivity contribution in [1.82, 2.24) is 14.7 Å². The summed E-state index contributed by atoms with van der Waals surface area (Å²) in [7, 11) is 1.57. The number of carbonyl (C=O) groups excluding carboxylic acids is 2. The van der Waals surface area contributed by atoms with Gasteiger partial charge in [-0.15, -0.1) is 0 Å². The molecule has 1 heterocycles. The molecule has 1 N–H and O–H groups in total. The molecule has 0 bridgehead atoms. The first-order chi connectivity index (χ1) is 16.1. The van der Waals surface area contributed by atoms with Gasteiger partial charge in [0.1, 0.15) is 12.4 Å². The highest BCUT2D eigenvalue weighted by atomic mass is 16.5. The van der Waals surface area contributed by atoms with Crippen LogP contribution in [0.1, 0.15) is 48.0 Å². The van der Waals surface area contributed by atoms with E-state index in [1.54, 1.807) is 36.1 Å². The maximum absolute atomic E-state index is 13.1. The predicted octanol–water partition coefficient (Wildman–Crippen LogP) is 4.51. The standard InChI is InChI=1S/C27H34N4O3/c1-19-12-13-22(20(2)16-19)31-24(17-23(29-31)27(3,4)5)28-25(32)18-30(14-15-34-6)26(33)21-10-8-7-9-11-21/h7-13,16-17H,14-15,18H2,1-6H3,(H,28,32). The molecule has 0 fully saturated rings. The third kappa shape index (κ3) is 6.11. The van der Waals surface area contributed by atoms with Crippen LogP contribution in [-0.4, -0.2) is 53.3 Å². The number of nitrogens with one attached hydrogen (secondary N) is 1. The number of benzene rings is 2. The maximum Gasteiger partial charge on any atom is 0.254 e. The average molecular weight is 463 g/mol. The minimum absolute atomic E-state index is 0.0972. The fraction of sp³-hybridized carbons (Fsp3) is 0.370. The second-order valence-corrected chi connectivity index (χ2v) is 9.50. The highest BCUT2D eigenvalue weighted by molar-refractivity contribution is 5.99. The van der Waals surface area contributed by atoms with E-state index < -0.39 is 0 Å². The Balaban J connectivity index is 1.88. The molecule has 0 aliphatic carbocycles. The van der Waals surface area contributed by atoms with Gasteiger partial charge in [-0.25, -0.2) is 4.68 Å². The van der Waals surface area contributed by atoms with Gasteiger partial charge >= 0.3 is 0 Å². The third-order valence-corrected chi connectivity index (χ3v) is 5.53. The minimum atomic E-state index is -0.299. The van der Waals surface area contributed by atoms with E-state index in [-0.39, 0.29) is 23.8 Å². The van der Waals surface area contributed by atoms with Crippen molar-refractivity contribution in [2.24, 2.45) is 0 Å². The minimum Gasteiger partial charge on any atom is -0.383 e. The summed E-state index contributed by atoms with van der Waals surface area (Å²) in [5, 5.41) is 7.79. The lowest BCUT2D eigenvalue weighted by Crippen LogP contribution is -2.40. The van der Waals surface area contributed by atoms with Gasteiger partial charge in [0.05, 0.1) is 18.0 Å². The largest absolute Gasteiger partial charge is 0.383 e. The number of ether oxygens (including phenoxy) is 1. The van der Waals surface area contributed by atoms with Gasteiger partial charge in [-0.1, -0.05) is 56.7 Å². The average Bonchev–Trinajstić information content (AvgIpc) is 3.20. The molecule has 0 saturated carbocycles. The van der Waals surface area contributed by atoms with Crippen LogP contribution in [0.2, 0.25) is 0 Å². The van der Waals surface area contributed by atoms with Gasteiger partial charge in [-0.2, -0.15) is 5.10 Å². The Labute approximate surface area is 201 Å². The van der Waals surface area contributed by atoms with E-state index in [9.17, 15) is 9.59 Å². The fourth-order valence-electron chi connectivity index (χ4n) is 3.64. The molecule has 0 atom stereocenters. The SMILES string of the molecule is COCCN(CC(=O)Nc1cc(C(C)(C)C)nn1-c1ccc(C)cc1C)C(=O)c1ccccc1. The van der Waals surface area contributed by atoms with E-state index in [1.807, 2.05) is 38.1 Å². The Hall–Kier alpha value is -3.45. The van der Waals surface area contributed by atoms with Crippen molar-refractivity contribution in [3.63, 3.8) is 0 Å². The van der Waals surface area contributed by atoms with Crippen LogP contribution in [0.3, 0.4) is 0 Å². The Bertz CT molecular complexity index is 1150. The molecule has 7 nitrogen and oxygen atoms in total. The Morgan fingerprint density at radius 3 is 2.38 bits per heavy atom. The smallest absolute Gasteiger partial charge is 0.254 e. The summed E-state index contributed by atoms with van der Waals surface area (Å²) in [6.45, 7) is 10.9. The van der Waals surface area contributed by atoms with Gasteiger partial charge in [0, 0.05) is 30.7 Å². The number of aromatic nitrogens is 2. The van der Waals surface area contributed by atoms with Crippen molar-refractivity contribution < 1.29 is 14.3 Å². The van der Waals surface area contributed by atoms with E-state index in [0.717, 1.165) is 22.5 Å². The molecule has 7 heteroatoms. The molecule has 0 unspecified atom stereocenters. The van der Waals surface area contributed by atoms with Gasteiger partial charge in [0.25, 0.3) is 5.91 Å². The van der Waals surface area contributed by atoms with Crippen LogP contribution in [0.15, 0.2) is 54.6 Å². The molecular formula is C27H34N4O3. The van der Waals surface area contributed by atoms with Gasteiger partial charge in [-0.3, -0.25) is 9.59 Å². The molecule has 0 radical (unpaired) electrons. The highest BCUT2D eigenvalue weighted by Gasteiger charge is 2.24. The Morgan fingerprint density at radius 2 is 1.76 bits per heavy atom. The topological polar surface area (TPSA) is 76.5 Å². The number of methoxy groups -OCH3 is 1. The molecule has 0 aliphatic rings. The summed E-state index contributed by atoms with van der Waals surface area (Å²) < 4.78 is 6.93. The molecule has 0 saturated heterocycles. The van der Waals surface area contributed by atoms with Gasteiger partial charge in [-0.05, 0) is 37.6 Å². The summed E-state index contributed by atoms with van der Waals surface area (Å²) >= 11 is 0. The number of rotatable bonds is 8. The third-order valence-electron chi connectivity index (χ3n) is 5.53. The molecule has 2 aromatic carbocycles. The fourth-order valence-corrected chi connectivity index (χ4v) is 3.64. The lowest BCUT2D eigenvalue weighted by Gasteiger charge is -2.22. The lowest BCUT2D eigenvalue weighted by atomic mass is 9.92. The van der Waals surface area contributed by atoms with E-state index in [1.165, 1.54) is 4.90 Å². The number of hydrogen-bond acceptors (Lipinski definition) is 4. The molecule has 2 amide bonds. The van der Waals surface area contributed by atoms with Crippen molar-refractivity contribution in [3.8, 4) is 5.69 Å². The molecule has 3 aromatic rings. The summed E-state index contributed by atoms with van der Waals surface area (Å²) in [5.41, 5.74) is 4.30. The van der Waals surface area contributed by atoms with Crippen LogP contribution in [0, 0.1) is 13.8 Å². The van der Waals surface area contributed by atoms with Crippen molar-refractivity contribution in [2.45, 2.75) is 40.0 Å². The van der Waals surface area contributed by atoms with Crippen LogP contribution in [-0.2, 0) is 14.9 Å². The molecule has 180 valence electrons. The molecule has 0 aliphatic heterocycles. The van der Waals surface area contributed by atoms with Crippen molar-refractivity contribution in [3.05, 3.63) is 77.0 Å². The van der Waals surface area contributed by atoms with Crippen LogP contribution < -0.4 is 5.32 Å². The predicted molar refractivity (Wildman–Crippen MR) is 135 cm³/mol. The maximum atomic E-state index is 13.1. The molecule has 1 aromatic heterocycles. The summed E-state index contributed by atoms with van der Waals surface area (Å²) in [6, 6.07) is 17.0. The number of amides is 2. The van der Waals surface area contributed by atoms with Crippen LogP contribution in [0.5, 0.6) is 0 Å². The zero-order valence-electron chi connectivity index (χ0n) is 20.9. The second-order valence-electron chi connectivity index (χ2n) is 9.50. The number of anilines is 1. The zero-order chi connectivity index (χ0) is 24.9. The van der Waals surface area contributed by atoms with Crippen LogP contribution >= 0.6 is 0 Å². The van der Waals surface area contributed by atoms with Gasteiger partial charge in [0.15, 0.2) is 0 Å². The van der Waals surface area contributed by atoms with E-state index in [2.05, 4.69) is 32.2 Å². The summed E-state index contributed by atoms with van der Waals surface area (Å²) in [6.07, 6.45) is 0. The van der Waals surface area contributed by atoms with Gasteiger partial charge in [0.2, 0.25) is 5.91 Å². The molecule has 3 rings (SSSR count). The monoisotopic (exact) mass is 462 g/mol. The van der Waals surface area contributed by atoms with Crippen molar-refractivity contribution in [2.75, 3.05) is 32.1 Å². The normalized spacial score (nSPS) is 11.4. The number of aryl methyl sites for hydroxylation is 2. The van der Waals surface area contributed by atoms with E-state index in [0.29, 0.717) is 24.5 Å². The van der Waals surface area contributed by atoms with Gasteiger partial charge < -0.3 is 15.0 Å². The van der Waals surface area contributed by atoms with Crippen LogP contribution in [0.25, 0.3) is 5.69 Å². The first-order valence-electron chi connectivity index (χ1n) is 11.4. The molecule has 34 heavy (non-hydrogen) atoms. The summed E-state index contributed by atoms with van der Waals surface area (Å²) in [4.78, 5) is 27.6. The number of hydrogen-bond donors (Lipinski definition) is 1. The molecule has 0 spiro atoms.